The zero-order valence-corrected chi connectivity index (χ0v) is 11.1. The van der Waals surface area contributed by atoms with Gasteiger partial charge in [0.2, 0.25) is 0 Å². The van der Waals surface area contributed by atoms with Crippen LogP contribution < -0.4 is 5.73 Å². The summed E-state index contributed by atoms with van der Waals surface area (Å²) in [6, 6.07) is 0. The van der Waals surface area contributed by atoms with Crippen molar-refractivity contribution in [3.8, 4) is 0 Å². The van der Waals surface area contributed by atoms with Crippen molar-refractivity contribution in [2.75, 3.05) is 5.73 Å². The molecule has 0 saturated heterocycles. The van der Waals surface area contributed by atoms with E-state index in [9.17, 15) is 8.78 Å². The number of nitrogens with two attached hydrogens (primary N) is 1. The molecule has 0 bridgehead atoms. The molecule has 1 heterocycles. The molecule has 0 radical (unpaired) electrons. The molecule has 0 aliphatic rings. The lowest BCUT2D eigenvalue weighted by atomic mass is 9.86. The molecular formula is C11H15BrF2N2. The zero-order valence-electron chi connectivity index (χ0n) is 9.52. The maximum absolute atomic E-state index is 12.9. The largest absolute Gasteiger partial charge is 0.383 e. The van der Waals surface area contributed by atoms with E-state index in [4.69, 9.17) is 5.73 Å². The van der Waals surface area contributed by atoms with Gasteiger partial charge in [0, 0.05) is 21.8 Å². The molecule has 0 saturated carbocycles. The van der Waals surface area contributed by atoms with Crippen molar-refractivity contribution in [2.45, 2.75) is 33.6 Å². The van der Waals surface area contributed by atoms with Crippen molar-refractivity contribution in [1.82, 2.24) is 4.98 Å². The van der Waals surface area contributed by atoms with Crippen LogP contribution in [0.25, 0.3) is 0 Å². The predicted octanol–water partition coefficient (Wildman–Crippen LogP) is 3.95. The maximum Gasteiger partial charge on any atom is 0.265 e. The van der Waals surface area contributed by atoms with Gasteiger partial charge >= 0.3 is 0 Å². The highest BCUT2D eigenvalue weighted by molar-refractivity contribution is 9.10. The van der Waals surface area contributed by atoms with Crippen molar-refractivity contribution >= 4 is 21.7 Å². The Morgan fingerprint density at radius 3 is 2.44 bits per heavy atom. The Balaban J connectivity index is 3.29. The average Bonchev–Trinajstić information content (AvgIpc) is 2.08. The van der Waals surface area contributed by atoms with Crippen molar-refractivity contribution in [3.63, 3.8) is 0 Å². The van der Waals surface area contributed by atoms with Crippen LogP contribution in [0.1, 0.15) is 38.3 Å². The molecule has 1 aromatic rings. The van der Waals surface area contributed by atoms with Crippen LogP contribution >= 0.6 is 15.9 Å². The summed E-state index contributed by atoms with van der Waals surface area (Å²) in [6.07, 6.45) is -0.745. The molecule has 0 spiro atoms. The minimum atomic E-state index is -2.54. The molecule has 0 aromatic carbocycles. The fourth-order valence-corrected chi connectivity index (χ4v) is 2.02. The topological polar surface area (TPSA) is 38.9 Å². The number of rotatable bonds is 2. The molecule has 0 atom stereocenters. The lowest BCUT2D eigenvalue weighted by Gasteiger charge is -2.21. The van der Waals surface area contributed by atoms with E-state index in [1.54, 1.807) is 0 Å². The Hall–Kier alpha value is -0.710. The van der Waals surface area contributed by atoms with Crippen LogP contribution in [0, 0.1) is 5.41 Å². The molecule has 2 N–H and O–H groups in total. The van der Waals surface area contributed by atoms with Gasteiger partial charge in [-0.05, 0) is 27.8 Å². The van der Waals surface area contributed by atoms with Gasteiger partial charge in [-0.1, -0.05) is 20.8 Å². The van der Waals surface area contributed by atoms with Crippen LogP contribution in [-0.2, 0) is 6.42 Å². The Morgan fingerprint density at radius 1 is 1.44 bits per heavy atom. The minimum Gasteiger partial charge on any atom is -0.383 e. The van der Waals surface area contributed by atoms with E-state index < -0.39 is 6.43 Å². The van der Waals surface area contributed by atoms with E-state index in [0.29, 0.717) is 16.5 Å². The van der Waals surface area contributed by atoms with Crippen molar-refractivity contribution < 1.29 is 8.78 Å². The monoisotopic (exact) mass is 292 g/mol. The minimum absolute atomic E-state index is 0.0394. The molecule has 2 nitrogen and oxygen atoms in total. The van der Waals surface area contributed by atoms with Crippen molar-refractivity contribution in [2.24, 2.45) is 5.41 Å². The summed E-state index contributed by atoms with van der Waals surface area (Å²) < 4.78 is 26.2. The fraction of sp³-hybridized carbons (Fsp3) is 0.545. The third-order valence-corrected chi connectivity index (χ3v) is 2.77. The van der Waals surface area contributed by atoms with Crippen LogP contribution in [0.5, 0.6) is 0 Å². The molecule has 0 aliphatic heterocycles. The van der Waals surface area contributed by atoms with Gasteiger partial charge in [0.1, 0.15) is 5.82 Å². The number of nitrogen functional groups attached to an aromatic ring is 1. The van der Waals surface area contributed by atoms with Crippen LogP contribution in [-0.4, -0.2) is 4.98 Å². The Bertz CT molecular complexity index is 386. The van der Waals surface area contributed by atoms with Gasteiger partial charge in [-0.25, -0.2) is 13.8 Å². The highest BCUT2D eigenvalue weighted by atomic mass is 79.9. The van der Waals surface area contributed by atoms with Gasteiger partial charge in [0.25, 0.3) is 6.43 Å². The van der Waals surface area contributed by atoms with Crippen LogP contribution in [0.2, 0.25) is 0 Å². The van der Waals surface area contributed by atoms with E-state index in [0.717, 1.165) is 0 Å². The molecule has 0 aliphatic carbocycles. The highest BCUT2D eigenvalue weighted by Gasteiger charge is 2.23. The van der Waals surface area contributed by atoms with Crippen LogP contribution in [0.3, 0.4) is 0 Å². The van der Waals surface area contributed by atoms with Gasteiger partial charge in [0.15, 0.2) is 0 Å². The first-order chi connectivity index (χ1) is 7.22. The third kappa shape index (κ3) is 3.14. The normalized spacial score (nSPS) is 12.2. The second-order valence-corrected chi connectivity index (χ2v) is 5.78. The van der Waals surface area contributed by atoms with E-state index in [1.165, 1.54) is 6.20 Å². The van der Waals surface area contributed by atoms with Gasteiger partial charge in [-0.3, -0.25) is 0 Å². The summed E-state index contributed by atoms with van der Waals surface area (Å²) in [5.74, 6) is 0.188. The molecule has 16 heavy (non-hydrogen) atoms. The van der Waals surface area contributed by atoms with E-state index in [1.807, 2.05) is 20.8 Å². The summed E-state index contributed by atoms with van der Waals surface area (Å²) in [4.78, 5) is 3.90. The van der Waals surface area contributed by atoms with E-state index >= 15 is 0 Å². The van der Waals surface area contributed by atoms with Gasteiger partial charge < -0.3 is 5.73 Å². The average molecular weight is 293 g/mol. The number of pyridine rings is 1. The highest BCUT2D eigenvalue weighted by Crippen LogP contribution is 2.35. The molecule has 0 unspecified atom stereocenters. The number of anilines is 1. The molecule has 1 aromatic heterocycles. The number of nitrogens with zero attached hydrogens (tertiary/aromatic N) is 1. The van der Waals surface area contributed by atoms with Gasteiger partial charge in [-0.2, -0.15) is 0 Å². The first-order valence-electron chi connectivity index (χ1n) is 4.93. The Morgan fingerprint density at radius 2 is 2.00 bits per heavy atom. The number of alkyl halides is 2. The zero-order chi connectivity index (χ0) is 12.5. The summed E-state index contributed by atoms with van der Waals surface area (Å²) in [6.45, 7) is 5.92. The summed E-state index contributed by atoms with van der Waals surface area (Å²) in [7, 11) is 0. The number of hydrogen-bond acceptors (Lipinski definition) is 2. The summed E-state index contributed by atoms with van der Waals surface area (Å²) in [5, 5.41) is 0. The lowest BCUT2D eigenvalue weighted by molar-refractivity contribution is 0.148. The molecule has 5 heteroatoms. The van der Waals surface area contributed by atoms with Crippen molar-refractivity contribution in [3.05, 3.63) is 21.8 Å². The van der Waals surface area contributed by atoms with Crippen LogP contribution in [0.15, 0.2) is 10.7 Å². The van der Waals surface area contributed by atoms with Crippen molar-refractivity contribution in [1.29, 1.82) is 0 Å². The van der Waals surface area contributed by atoms with Gasteiger partial charge in [0.05, 0.1) is 0 Å². The van der Waals surface area contributed by atoms with E-state index in [2.05, 4.69) is 20.9 Å². The second kappa shape index (κ2) is 4.65. The predicted molar refractivity (Wildman–Crippen MR) is 64.5 cm³/mol. The SMILES string of the molecule is CC(C)(C)Cc1c(N)ncc(Br)c1C(F)F. The summed E-state index contributed by atoms with van der Waals surface area (Å²) in [5.41, 5.74) is 5.96. The fourth-order valence-electron chi connectivity index (χ4n) is 1.51. The smallest absolute Gasteiger partial charge is 0.265 e. The van der Waals surface area contributed by atoms with Gasteiger partial charge in [-0.15, -0.1) is 0 Å². The third-order valence-electron chi connectivity index (χ3n) is 2.13. The first-order valence-corrected chi connectivity index (χ1v) is 5.72. The Labute approximate surface area is 102 Å². The molecule has 90 valence electrons. The Kier molecular flexibility index (Phi) is 3.88. The molecule has 0 fully saturated rings. The van der Waals surface area contributed by atoms with E-state index in [-0.39, 0.29) is 16.8 Å². The molecule has 0 amide bonds. The lowest BCUT2D eigenvalue weighted by Crippen LogP contribution is -2.14. The standard InChI is InChI=1S/C11H15BrF2N2/c1-11(2,3)4-6-8(9(13)14)7(12)5-16-10(6)15/h5,9H,4H2,1-3H3,(H2,15,16). The number of hydrogen-bond donors (Lipinski definition) is 1. The second-order valence-electron chi connectivity index (χ2n) is 4.92. The number of aromatic nitrogens is 1. The number of halogens is 3. The molecule has 1 rings (SSSR count). The first kappa shape index (κ1) is 13.4. The quantitative estimate of drug-likeness (QED) is 0.896. The molecular weight excluding hydrogens is 278 g/mol. The summed E-state index contributed by atoms with van der Waals surface area (Å²) >= 11 is 3.09. The van der Waals surface area contributed by atoms with Crippen LogP contribution in [0.4, 0.5) is 14.6 Å². The maximum atomic E-state index is 12.9.